The average Bonchev–Trinajstić information content (AvgIpc) is 3.22. The second-order valence-corrected chi connectivity index (χ2v) is 4.94. The molecule has 0 atom stereocenters. The first-order valence-electron chi connectivity index (χ1n) is 6.46. The van der Waals surface area contributed by atoms with Gasteiger partial charge in [0.25, 0.3) is 5.91 Å². The molecule has 0 radical (unpaired) electrons. The number of carbonyl (C=O) groups is 1. The molecule has 0 spiro atoms. The molecular weight excluding hydrogens is 252 g/mol. The summed E-state index contributed by atoms with van der Waals surface area (Å²) in [4.78, 5) is 12.3. The van der Waals surface area contributed by atoms with Crippen LogP contribution >= 0.6 is 0 Å². The Balaban J connectivity index is 1.80. The molecule has 3 rings (SSSR count). The van der Waals surface area contributed by atoms with Crippen LogP contribution in [0.25, 0.3) is 0 Å². The maximum absolute atomic E-state index is 12.3. The summed E-state index contributed by atoms with van der Waals surface area (Å²) in [5.74, 6) is -0.182. The number of nitriles is 1. The molecule has 0 saturated heterocycles. The average molecular weight is 266 g/mol. The fraction of sp³-hybridized carbons (Fsp3) is 0.200. The third-order valence-corrected chi connectivity index (χ3v) is 3.31. The number of anilines is 2. The summed E-state index contributed by atoms with van der Waals surface area (Å²) in [6.07, 6.45) is 3.99. The number of amides is 1. The van der Waals surface area contributed by atoms with Crippen LogP contribution in [0.4, 0.5) is 11.4 Å². The van der Waals surface area contributed by atoms with Gasteiger partial charge in [0.15, 0.2) is 0 Å². The summed E-state index contributed by atoms with van der Waals surface area (Å²) in [6, 6.07) is 10.9. The fourth-order valence-corrected chi connectivity index (χ4v) is 2.16. The number of nitrogens with zero attached hydrogens (tertiary/aromatic N) is 2. The third-order valence-electron chi connectivity index (χ3n) is 3.31. The Kier molecular flexibility index (Phi) is 2.92. The van der Waals surface area contributed by atoms with Crippen molar-refractivity contribution in [3.8, 4) is 6.07 Å². The molecule has 20 heavy (non-hydrogen) atoms. The van der Waals surface area contributed by atoms with E-state index in [1.807, 2.05) is 16.8 Å². The Morgan fingerprint density at radius 3 is 2.65 bits per heavy atom. The van der Waals surface area contributed by atoms with E-state index in [0.29, 0.717) is 28.7 Å². The zero-order chi connectivity index (χ0) is 14.1. The first kappa shape index (κ1) is 12.3. The second kappa shape index (κ2) is 4.74. The molecule has 1 aromatic heterocycles. The lowest BCUT2D eigenvalue weighted by atomic mass is 10.2. The number of aromatic nitrogens is 1. The highest BCUT2D eigenvalue weighted by Gasteiger charge is 2.27. The third kappa shape index (κ3) is 2.36. The molecule has 1 saturated carbocycles. The van der Waals surface area contributed by atoms with Crippen LogP contribution in [0.3, 0.4) is 0 Å². The maximum atomic E-state index is 12.3. The Morgan fingerprint density at radius 1 is 1.35 bits per heavy atom. The van der Waals surface area contributed by atoms with Gasteiger partial charge in [-0.3, -0.25) is 4.79 Å². The van der Waals surface area contributed by atoms with E-state index in [1.54, 1.807) is 30.3 Å². The van der Waals surface area contributed by atoms with Crippen LogP contribution in [0, 0.1) is 11.3 Å². The van der Waals surface area contributed by atoms with Gasteiger partial charge in [0, 0.05) is 17.9 Å². The van der Waals surface area contributed by atoms with Gasteiger partial charge in [-0.05, 0) is 43.2 Å². The summed E-state index contributed by atoms with van der Waals surface area (Å²) in [5.41, 5.74) is 8.18. The van der Waals surface area contributed by atoms with E-state index in [0.717, 1.165) is 12.8 Å². The van der Waals surface area contributed by atoms with Gasteiger partial charge in [0.2, 0.25) is 0 Å². The number of nitrogen functional groups attached to an aromatic ring is 1. The monoisotopic (exact) mass is 266 g/mol. The van der Waals surface area contributed by atoms with E-state index in [4.69, 9.17) is 11.0 Å². The number of rotatable bonds is 3. The Bertz CT molecular complexity index is 690. The van der Waals surface area contributed by atoms with Crippen molar-refractivity contribution in [1.82, 2.24) is 4.57 Å². The highest BCUT2D eigenvalue weighted by Crippen LogP contribution is 2.37. The molecule has 0 unspecified atom stereocenters. The van der Waals surface area contributed by atoms with Crippen LogP contribution in [-0.4, -0.2) is 10.5 Å². The number of hydrogen-bond acceptors (Lipinski definition) is 3. The summed E-state index contributed by atoms with van der Waals surface area (Å²) in [5, 5.41) is 11.6. The van der Waals surface area contributed by atoms with Gasteiger partial charge in [-0.15, -0.1) is 0 Å². The van der Waals surface area contributed by atoms with Crippen LogP contribution in [0.1, 0.15) is 34.9 Å². The van der Waals surface area contributed by atoms with Crippen LogP contribution in [0.15, 0.2) is 36.5 Å². The lowest BCUT2D eigenvalue weighted by Gasteiger charge is -2.08. The highest BCUT2D eigenvalue weighted by molar-refractivity contribution is 6.03. The van der Waals surface area contributed by atoms with Crippen molar-refractivity contribution in [2.45, 2.75) is 18.9 Å². The largest absolute Gasteiger partial charge is 0.397 e. The molecule has 5 nitrogen and oxygen atoms in total. The van der Waals surface area contributed by atoms with E-state index in [1.165, 1.54) is 0 Å². The Hall–Kier alpha value is -2.74. The smallest absolute Gasteiger partial charge is 0.272 e. The van der Waals surface area contributed by atoms with Crippen LogP contribution in [-0.2, 0) is 0 Å². The lowest BCUT2D eigenvalue weighted by molar-refractivity contribution is 0.101. The van der Waals surface area contributed by atoms with Gasteiger partial charge in [-0.2, -0.15) is 5.26 Å². The van der Waals surface area contributed by atoms with Gasteiger partial charge >= 0.3 is 0 Å². The van der Waals surface area contributed by atoms with E-state index in [-0.39, 0.29) is 5.91 Å². The van der Waals surface area contributed by atoms with Gasteiger partial charge in [-0.25, -0.2) is 0 Å². The SMILES string of the molecule is N#Cc1ccc(NC(=O)c2cc(N)cn2C2CC2)cc1. The number of hydrogen-bond donors (Lipinski definition) is 2. The molecule has 1 amide bonds. The van der Waals surface area contributed by atoms with Crippen molar-refractivity contribution in [2.24, 2.45) is 0 Å². The van der Waals surface area contributed by atoms with E-state index < -0.39 is 0 Å². The first-order valence-corrected chi connectivity index (χ1v) is 6.46. The molecule has 1 aromatic carbocycles. The minimum absolute atomic E-state index is 0.182. The van der Waals surface area contributed by atoms with Crippen molar-refractivity contribution < 1.29 is 4.79 Å². The van der Waals surface area contributed by atoms with Crippen LogP contribution in [0.5, 0.6) is 0 Å². The topological polar surface area (TPSA) is 83.8 Å². The molecule has 2 aromatic rings. The van der Waals surface area contributed by atoms with Crippen molar-refractivity contribution in [3.63, 3.8) is 0 Å². The van der Waals surface area contributed by atoms with E-state index >= 15 is 0 Å². The molecule has 1 heterocycles. The highest BCUT2D eigenvalue weighted by atomic mass is 16.1. The standard InChI is InChI=1S/C15H14N4O/c16-8-10-1-3-12(4-2-10)18-15(20)14-7-11(17)9-19(14)13-5-6-13/h1-4,7,9,13H,5-6,17H2,(H,18,20). The van der Waals surface area contributed by atoms with Crippen LogP contribution in [0.2, 0.25) is 0 Å². The fourth-order valence-electron chi connectivity index (χ4n) is 2.16. The summed E-state index contributed by atoms with van der Waals surface area (Å²) < 4.78 is 1.94. The number of nitrogens with one attached hydrogen (secondary N) is 1. The van der Waals surface area contributed by atoms with E-state index in [9.17, 15) is 4.79 Å². The normalized spacial score (nSPS) is 13.8. The van der Waals surface area contributed by atoms with Crippen LogP contribution < -0.4 is 11.1 Å². The molecule has 1 aliphatic carbocycles. The van der Waals surface area contributed by atoms with E-state index in [2.05, 4.69) is 5.32 Å². The Morgan fingerprint density at radius 2 is 2.05 bits per heavy atom. The number of nitrogens with two attached hydrogens (primary N) is 1. The zero-order valence-corrected chi connectivity index (χ0v) is 10.8. The second-order valence-electron chi connectivity index (χ2n) is 4.94. The number of carbonyl (C=O) groups excluding carboxylic acids is 1. The lowest BCUT2D eigenvalue weighted by Crippen LogP contribution is -2.16. The van der Waals surface area contributed by atoms with Gasteiger partial charge in [0.05, 0.1) is 17.3 Å². The van der Waals surface area contributed by atoms with Crippen molar-refractivity contribution in [1.29, 1.82) is 5.26 Å². The molecule has 0 aliphatic heterocycles. The molecule has 3 N–H and O–H groups in total. The van der Waals surface area contributed by atoms with Crippen molar-refractivity contribution in [2.75, 3.05) is 11.1 Å². The predicted octanol–water partition coefficient (Wildman–Crippen LogP) is 2.53. The molecule has 5 heteroatoms. The van der Waals surface area contributed by atoms with Gasteiger partial charge in [0.1, 0.15) is 5.69 Å². The molecule has 100 valence electrons. The Labute approximate surface area is 116 Å². The quantitative estimate of drug-likeness (QED) is 0.895. The maximum Gasteiger partial charge on any atom is 0.272 e. The molecule has 1 fully saturated rings. The summed E-state index contributed by atoms with van der Waals surface area (Å²) in [7, 11) is 0. The van der Waals surface area contributed by atoms with Crippen molar-refractivity contribution >= 4 is 17.3 Å². The molecule has 1 aliphatic rings. The van der Waals surface area contributed by atoms with Crippen molar-refractivity contribution in [3.05, 3.63) is 47.8 Å². The van der Waals surface area contributed by atoms with Gasteiger partial charge < -0.3 is 15.6 Å². The number of benzene rings is 1. The first-order chi connectivity index (χ1) is 9.67. The summed E-state index contributed by atoms with van der Waals surface area (Å²) in [6.45, 7) is 0. The minimum Gasteiger partial charge on any atom is -0.397 e. The minimum atomic E-state index is -0.182. The molecular formula is C15H14N4O. The van der Waals surface area contributed by atoms with Gasteiger partial charge in [-0.1, -0.05) is 0 Å². The molecule has 0 bridgehead atoms. The predicted molar refractivity (Wildman–Crippen MR) is 76.2 cm³/mol. The zero-order valence-electron chi connectivity index (χ0n) is 10.8. The summed E-state index contributed by atoms with van der Waals surface area (Å²) >= 11 is 0.